The quantitative estimate of drug-likeness (QED) is 0.846. The third-order valence-electron chi connectivity index (χ3n) is 5.39. The highest BCUT2D eigenvalue weighted by Crippen LogP contribution is 2.32. The summed E-state index contributed by atoms with van der Waals surface area (Å²) in [7, 11) is 0. The van der Waals surface area contributed by atoms with E-state index in [9.17, 15) is 9.18 Å². The molecule has 25 heavy (non-hydrogen) atoms. The van der Waals surface area contributed by atoms with Gasteiger partial charge in [0.25, 0.3) is 0 Å². The Morgan fingerprint density at radius 2 is 2.12 bits per heavy atom. The molecule has 2 heterocycles. The fourth-order valence-corrected chi connectivity index (χ4v) is 4.03. The van der Waals surface area contributed by atoms with Gasteiger partial charge in [-0.25, -0.2) is 9.37 Å². The smallest absolute Gasteiger partial charge is 0.225 e. The molecule has 1 atom stereocenters. The van der Waals surface area contributed by atoms with Gasteiger partial charge in [-0.1, -0.05) is 25.0 Å². The topological polar surface area (TPSA) is 46.3 Å². The zero-order valence-electron chi connectivity index (χ0n) is 14.3. The first-order valence-electron chi connectivity index (χ1n) is 9.17. The summed E-state index contributed by atoms with van der Waals surface area (Å²) in [6, 6.07) is 6.53. The first-order chi connectivity index (χ1) is 12.2. The van der Waals surface area contributed by atoms with E-state index in [2.05, 4.69) is 4.98 Å². The van der Waals surface area contributed by atoms with Crippen LogP contribution in [-0.4, -0.2) is 28.9 Å². The average Bonchev–Trinajstić information content (AvgIpc) is 3.35. The van der Waals surface area contributed by atoms with Gasteiger partial charge in [-0.3, -0.25) is 4.79 Å². The summed E-state index contributed by atoms with van der Waals surface area (Å²) in [6.45, 7) is 1.50. The van der Waals surface area contributed by atoms with E-state index in [4.69, 9.17) is 4.42 Å². The van der Waals surface area contributed by atoms with Crippen LogP contribution in [0.2, 0.25) is 0 Å². The average molecular weight is 342 g/mol. The maximum absolute atomic E-state index is 13.3. The monoisotopic (exact) mass is 342 g/mol. The van der Waals surface area contributed by atoms with Crippen molar-refractivity contribution in [1.82, 2.24) is 9.88 Å². The van der Waals surface area contributed by atoms with Crippen LogP contribution in [0, 0.1) is 11.7 Å². The minimum absolute atomic E-state index is 0.173. The summed E-state index contributed by atoms with van der Waals surface area (Å²) in [5.41, 5.74) is 0.868. The zero-order valence-corrected chi connectivity index (χ0v) is 14.3. The Hall–Kier alpha value is -2.17. The largest absolute Gasteiger partial charge is 0.445 e. The molecule has 1 saturated heterocycles. The van der Waals surface area contributed by atoms with E-state index < -0.39 is 0 Å². The van der Waals surface area contributed by atoms with Crippen LogP contribution in [-0.2, 0) is 11.2 Å². The Kier molecular flexibility index (Phi) is 4.55. The molecule has 2 aliphatic rings. The summed E-state index contributed by atoms with van der Waals surface area (Å²) in [5.74, 6) is 1.91. The Balaban J connectivity index is 1.38. The van der Waals surface area contributed by atoms with Crippen LogP contribution < -0.4 is 0 Å². The van der Waals surface area contributed by atoms with Gasteiger partial charge in [0.1, 0.15) is 11.6 Å². The molecular weight excluding hydrogens is 319 g/mol. The van der Waals surface area contributed by atoms with Gasteiger partial charge in [0.15, 0.2) is 5.89 Å². The molecule has 1 saturated carbocycles. The van der Waals surface area contributed by atoms with E-state index in [1.54, 1.807) is 12.3 Å². The summed E-state index contributed by atoms with van der Waals surface area (Å²) in [5, 5.41) is 0. The maximum Gasteiger partial charge on any atom is 0.225 e. The van der Waals surface area contributed by atoms with E-state index in [-0.39, 0.29) is 17.7 Å². The third kappa shape index (κ3) is 3.60. The molecule has 0 radical (unpaired) electrons. The van der Waals surface area contributed by atoms with Gasteiger partial charge in [-0.05, 0) is 37.0 Å². The lowest BCUT2D eigenvalue weighted by Gasteiger charge is -2.19. The number of likely N-dealkylation sites (tertiary alicyclic amines) is 1. The van der Waals surface area contributed by atoms with Crippen molar-refractivity contribution in [3.63, 3.8) is 0 Å². The van der Waals surface area contributed by atoms with E-state index >= 15 is 0 Å². The Labute approximate surface area is 147 Å². The lowest BCUT2D eigenvalue weighted by Crippen LogP contribution is -2.33. The first-order valence-corrected chi connectivity index (χ1v) is 9.17. The number of nitrogens with zero attached hydrogens (tertiary/aromatic N) is 2. The number of aromatic nitrogens is 1. The molecule has 0 N–H and O–H groups in total. The molecule has 1 amide bonds. The Bertz CT molecular complexity index is 752. The molecule has 1 aromatic heterocycles. The van der Waals surface area contributed by atoms with Crippen molar-refractivity contribution in [2.24, 2.45) is 5.92 Å². The van der Waals surface area contributed by atoms with Crippen LogP contribution in [0.4, 0.5) is 4.39 Å². The number of benzene rings is 1. The normalized spacial score (nSPS) is 21.2. The number of halogens is 1. The molecule has 2 aromatic rings. The molecule has 1 aliphatic carbocycles. The van der Waals surface area contributed by atoms with Crippen molar-refractivity contribution < 1.29 is 13.6 Å². The van der Waals surface area contributed by atoms with Crippen molar-refractivity contribution >= 4 is 5.91 Å². The molecule has 132 valence electrons. The number of carbonyl (C=O) groups is 1. The lowest BCUT2D eigenvalue weighted by molar-refractivity contribution is -0.134. The minimum Gasteiger partial charge on any atom is -0.445 e. The van der Waals surface area contributed by atoms with Crippen LogP contribution in [0.3, 0.4) is 0 Å². The molecule has 4 rings (SSSR count). The van der Waals surface area contributed by atoms with Gasteiger partial charge >= 0.3 is 0 Å². The predicted molar refractivity (Wildman–Crippen MR) is 91.6 cm³/mol. The van der Waals surface area contributed by atoms with Gasteiger partial charge in [0.2, 0.25) is 5.91 Å². The highest BCUT2D eigenvalue weighted by atomic mass is 19.1. The number of hydrogen-bond acceptors (Lipinski definition) is 3. The molecule has 1 aliphatic heterocycles. The molecule has 0 unspecified atom stereocenters. The molecule has 2 fully saturated rings. The minimum atomic E-state index is -0.242. The van der Waals surface area contributed by atoms with Crippen molar-refractivity contribution in [1.29, 1.82) is 0 Å². The first kappa shape index (κ1) is 16.3. The van der Waals surface area contributed by atoms with E-state index in [0.717, 1.165) is 37.1 Å². The zero-order chi connectivity index (χ0) is 17.2. The number of oxazole rings is 1. The Morgan fingerprint density at radius 3 is 2.92 bits per heavy atom. The molecular formula is C20H23FN2O2. The van der Waals surface area contributed by atoms with Gasteiger partial charge < -0.3 is 9.32 Å². The summed E-state index contributed by atoms with van der Waals surface area (Å²) >= 11 is 0. The van der Waals surface area contributed by atoms with Crippen molar-refractivity contribution in [3.05, 3.63) is 53.5 Å². The summed E-state index contributed by atoms with van der Waals surface area (Å²) < 4.78 is 19.2. The van der Waals surface area contributed by atoms with Crippen LogP contribution in [0.5, 0.6) is 0 Å². The van der Waals surface area contributed by atoms with Crippen molar-refractivity contribution in [3.8, 4) is 0 Å². The van der Waals surface area contributed by atoms with E-state index in [1.807, 2.05) is 11.0 Å². The van der Waals surface area contributed by atoms with E-state index in [1.165, 1.54) is 25.0 Å². The summed E-state index contributed by atoms with van der Waals surface area (Å²) in [6.07, 6.45) is 7.59. The number of rotatable bonds is 4. The van der Waals surface area contributed by atoms with E-state index in [0.29, 0.717) is 24.8 Å². The van der Waals surface area contributed by atoms with Crippen molar-refractivity contribution in [2.75, 3.05) is 13.1 Å². The number of amides is 1. The molecule has 4 nitrogen and oxygen atoms in total. The van der Waals surface area contributed by atoms with Crippen LogP contribution >= 0.6 is 0 Å². The van der Waals surface area contributed by atoms with Crippen molar-refractivity contribution in [2.45, 2.75) is 44.4 Å². The fraction of sp³-hybridized carbons (Fsp3) is 0.500. The van der Waals surface area contributed by atoms with Gasteiger partial charge in [0, 0.05) is 25.4 Å². The Morgan fingerprint density at radius 1 is 1.28 bits per heavy atom. The number of hydrogen-bond donors (Lipinski definition) is 0. The second-order valence-electron chi connectivity index (χ2n) is 7.22. The number of carbonyl (C=O) groups excluding carboxylic acids is 1. The second kappa shape index (κ2) is 6.98. The van der Waals surface area contributed by atoms with Gasteiger partial charge in [-0.15, -0.1) is 0 Å². The van der Waals surface area contributed by atoms with Crippen LogP contribution in [0.1, 0.15) is 55.2 Å². The second-order valence-corrected chi connectivity index (χ2v) is 7.22. The SMILES string of the molecule is O=C(C1CCCC1)N1CC[C@@H](c2ncc(Cc3cccc(F)c3)o2)C1. The standard InChI is InChI=1S/C20H23FN2O2/c21-17-7-3-4-14(10-17)11-18-12-22-19(25-18)16-8-9-23(13-16)20(24)15-5-1-2-6-15/h3-4,7,10,12,15-16H,1-2,5-6,8-9,11,13H2/t16-/m1/s1. The highest BCUT2D eigenvalue weighted by Gasteiger charge is 2.34. The molecule has 1 aromatic carbocycles. The fourth-order valence-electron chi connectivity index (χ4n) is 4.03. The van der Waals surface area contributed by atoms with Gasteiger partial charge in [0.05, 0.1) is 12.1 Å². The predicted octanol–water partition coefficient (Wildman–Crippen LogP) is 3.91. The third-order valence-corrected chi connectivity index (χ3v) is 5.39. The summed E-state index contributed by atoms with van der Waals surface area (Å²) in [4.78, 5) is 18.9. The van der Waals surface area contributed by atoms with Gasteiger partial charge in [-0.2, -0.15) is 0 Å². The molecule has 5 heteroatoms. The maximum atomic E-state index is 13.3. The molecule has 0 spiro atoms. The van der Waals surface area contributed by atoms with Crippen LogP contribution in [0.15, 0.2) is 34.9 Å². The highest BCUT2D eigenvalue weighted by molar-refractivity contribution is 5.79. The lowest BCUT2D eigenvalue weighted by atomic mass is 10.1. The van der Waals surface area contributed by atoms with Crippen LogP contribution in [0.25, 0.3) is 0 Å². The molecule has 0 bridgehead atoms.